The van der Waals surface area contributed by atoms with Gasteiger partial charge in [0.1, 0.15) is 5.82 Å². The Morgan fingerprint density at radius 2 is 2.07 bits per heavy atom. The van der Waals surface area contributed by atoms with Crippen molar-refractivity contribution in [3.63, 3.8) is 0 Å². The molecule has 0 radical (unpaired) electrons. The van der Waals surface area contributed by atoms with Gasteiger partial charge in [0.25, 0.3) is 0 Å². The first kappa shape index (κ1) is 18.1. The molecule has 28 heavy (non-hydrogen) atoms. The third kappa shape index (κ3) is 3.00. The average molecular weight is 404 g/mol. The number of sulfone groups is 1. The Morgan fingerprint density at radius 1 is 1.25 bits per heavy atom. The minimum Gasteiger partial charge on any atom is -0.381 e. The zero-order valence-electron chi connectivity index (χ0n) is 15.9. The highest BCUT2D eigenvalue weighted by molar-refractivity contribution is 7.92. The number of nitrogens with zero attached hydrogens (tertiary/aromatic N) is 4. The van der Waals surface area contributed by atoms with Crippen LogP contribution in [0.15, 0.2) is 18.5 Å². The molecule has 5 rings (SSSR count). The van der Waals surface area contributed by atoms with Crippen LogP contribution in [0.1, 0.15) is 44.3 Å². The van der Waals surface area contributed by atoms with Crippen molar-refractivity contribution in [3.05, 3.63) is 24.3 Å². The summed E-state index contributed by atoms with van der Waals surface area (Å²) in [6, 6.07) is 1.98. The summed E-state index contributed by atoms with van der Waals surface area (Å²) in [5.74, 6) is 1.93. The van der Waals surface area contributed by atoms with Gasteiger partial charge in [-0.1, -0.05) is 6.92 Å². The summed E-state index contributed by atoms with van der Waals surface area (Å²) in [5, 5.41) is 8.54. The molecule has 3 atom stereocenters. The lowest BCUT2D eigenvalue weighted by atomic mass is 9.97. The van der Waals surface area contributed by atoms with Crippen LogP contribution in [0, 0.1) is 11.8 Å². The second-order valence-electron chi connectivity index (χ2n) is 8.28. The minimum absolute atomic E-state index is 0.170. The van der Waals surface area contributed by atoms with E-state index < -0.39 is 9.84 Å². The van der Waals surface area contributed by atoms with Crippen molar-refractivity contribution in [1.82, 2.24) is 24.6 Å². The minimum atomic E-state index is -3.09. The number of ether oxygens (including phenoxy) is 1. The Morgan fingerprint density at radius 3 is 2.89 bits per heavy atom. The number of H-pyrrole nitrogens is 1. The maximum Gasteiger partial charge on any atom is 0.179 e. The smallest absolute Gasteiger partial charge is 0.179 e. The van der Waals surface area contributed by atoms with Gasteiger partial charge in [-0.25, -0.2) is 13.4 Å². The van der Waals surface area contributed by atoms with Gasteiger partial charge in [-0.2, -0.15) is 0 Å². The van der Waals surface area contributed by atoms with Crippen molar-refractivity contribution in [3.8, 4) is 0 Å². The van der Waals surface area contributed by atoms with Crippen LogP contribution in [0.2, 0.25) is 0 Å². The third-order valence-corrected chi connectivity index (χ3v) is 8.85. The van der Waals surface area contributed by atoms with E-state index in [1.165, 1.54) is 0 Å². The van der Waals surface area contributed by atoms with Crippen LogP contribution >= 0.6 is 0 Å². The van der Waals surface area contributed by atoms with Gasteiger partial charge in [-0.05, 0) is 43.6 Å². The van der Waals surface area contributed by atoms with Gasteiger partial charge in [-0.3, -0.25) is 4.40 Å². The van der Waals surface area contributed by atoms with Crippen molar-refractivity contribution in [1.29, 1.82) is 0 Å². The standard InChI is InChI=1S/C19H25N5O3S/c1-12-8-13(11-28(25,26)14-3-6-27-7-4-14)9-15(12)19-23-22-17-10-21-18-16(24(17)19)2-5-20-18/h2,5,10,12-15,20H,3-4,6-9,11H2,1H3/t12-,13+,15+/m1/s1. The highest BCUT2D eigenvalue weighted by Crippen LogP contribution is 2.43. The van der Waals surface area contributed by atoms with Crippen LogP contribution in [-0.4, -0.2) is 57.2 Å². The van der Waals surface area contributed by atoms with Gasteiger partial charge in [0.2, 0.25) is 0 Å². The molecule has 1 N–H and O–H groups in total. The molecule has 1 aliphatic carbocycles. The summed E-state index contributed by atoms with van der Waals surface area (Å²) in [5.41, 5.74) is 2.49. The van der Waals surface area contributed by atoms with Crippen molar-refractivity contribution in [2.45, 2.75) is 43.8 Å². The molecule has 0 unspecified atom stereocenters. The predicted octanol–water partition coefficient (Wildman–Crippen LogP) is 2.33. The Kier molecular flexibility index (Phi) is 4.39. The van der Waals surface area contributed by atoms with Crippen LogP contribution in [0.25, 0.3) is 16.8 Å². The fourth-order valence-corrected chi connectivity index (χ4v) is 7.12. The third-order valence-electron chi connectivity index (χ3n) is 6.42. The number of rotatable bonds is 4. The van der Waals surface area contributed by atoms with E-state index >= 15 is 0 Å². The molecule has 2 aliphatic rings. The van der Waals surface area contributed by atoms with E-state index in [4.69, 9.17) is 4.74 Å². The first-order chi connectivity index (χ1) is 13.5. The molecule has 9 heteroatoms. The zero-order chi connectivity index (χ0) is 19.3. The Balaban J connectivity index is 1.41. The monoisotopic (exact) mass is 403 g/mol. The van der Waals surface area contributed by atoms with Crippen LogP contribution in [0.5, 0.6) is 0 Å². The summed E-state index contributed by atoms with van der Waals surface area (Å²) in [6.07, 6.45) is 6.58. The van der Waals surface area contributed by atoms with E-state index in [0.29, 0.717) is 32.0 Å². The number of aromatic nitrogens is 5. The number of hydrogen-bond donors (Lipinski definition) is 1. The summed E-state index contributed by atoms with van der Waals surface area (Å²) >= 11 is 0. The van der Waals surface area contributed by atoms with Crippen molar-refractivity contribution in [2.24, 2.45) is 11.8 Å². The van der Waals surface area contributed by atoms with E-state index in [0.717, 1.165) is 35.5 Å². The van der Waals surface area contributed by atoms with Crippen LogP contribution in [0.4, 0.5) is 0 Å². The average Bonchev–Trinajstić information content (AvgIpc) is 3.39. The lowest BCUT2D eigenvalue weighted by molar-refractivity contribution is 0.0983. The molecular weight excluding hydrogens is 378 g/mol. The van der Waals surface area contributed by atoms with Gasteiger partial charge >= 0.3 is 0 Å². The zero-order valence-corrected chi connectivity index (χ0v) is 16.7. The quantitative estimate of drug-likeness (QED) is 0.717. The molecule has 8 nitrogen and oxygen atoms in total. The molecule has 1 saturated heterocycles. The molecule has 150 valence electrons. The topological polar surface area (TPSA) is 102 Å². The maximum absolute atomic E-state index is 12.9. The fourth-order valence-electron chi connectivity index (χ4n) is 5.01. The molecule has 3 aromatic rings. The molecule has 0 spiro atoms. The van der Waals surface area contributed by atoms with Gasteiger partial charge < -0.3 is 9.72 Å². The van der Waals surface area contributed by atoms with Crippen molar-refractivity contribution in [2.75, 3.05) is 19.0 Å². The molecule has 0 bridgehead atoms. The van der Waals surface area contributed by atoms with Gasteiger partial charge in [0.05, 0.1) is 22.7 Å². The SMILES string of the molecule is C[C@@H]1C[C@H](CS(=O)(=O)C2CCOCC2)C[C@@H]1c1nnc2cnc3[nH]ccc3n12. The second kappa shape index (κ2) is 6.81. The normalized spacial score (nSPS) is 27.1. The van der Waals surface area contributed by atoms with E-state index in [1.54, 1.807) is 6.20 Å². The molecule has 1 aliphatic heterocycles. The van der Waals surface area contributed by atoms with E-state index in [1.807, 2.05) is 12.3 Å². The van der Waals surface area contributed by atoms with Gasteiger partial charge in [0.15, 0.2) is 21.1 Å². The maximum atomic E-state index is 12.9. The van der Waals surface area contributed by atoms with Gasteiger partial charge in [0, 0.05) is 25.3 Å². The number of aromatic amines is 1. The molecule has 2 fully saturated rings. The van der Waals surface area contributed by atoms with Crippen LogP contribution in [0.3, 0.4) is 0 Å². The Labute approximate surface area is 163 Å². The molecule has 3 aromatic heterocycles. The number of nitrogens with one attached hydrogen (secondary N) is 1. The van der Waals surface area contributed by atoms with E-state index in [-0.39, 0.29) is 22.8 Å². The van der Waals surface area contributed by atoms with E-state index in [9.17, 15) is 8.42 Å². The molecule has 1 saturated carbocycles. The molecule has 0 aromatic carbocycles. The summed E-state index contributed by atoms with van der Waals surface area (Å²) < 4.78 is 33.2. The Hall–Kier alpha value is -2.00. The first-order valence-electron chi connectivity index (χ1n) is 9.99. The summed E-state index contributed by atoms with van der Waals surface area (Å²) in [7, 11) is -3.09. The fraction of sp³-hybridized carbons (Fsp3) is 0.632. The largest absolute Gasteiger partial charge is 0.381 e. The predicted molar refractivity (Wildman–Crippen MR) is 105 cm³/mol. The number of fused-ring (bicyclic) bond motifs is 3. The summed E-state index contributed by atoms with van der Waals surface area (Å²) in [6.45, 7) is 3.31. The van der Waals surface area contributed by atoms with Crippen LogP contribution < -0.4 is 0 Å². The highest BCUT2D eigenvalue weighted by atomic mass is 32.2. The lowest BCUT2D eigenvalue weighted by Crippen LogP contribution is -2.32. The molecule has 4 heterocycles. The van der Waals surface area contributed by atoms with Crippen molar-refractivity contribution >= 4 is 26.6 Å². The first-order valence-corrected chi connectivity index (χ1v) is 11.7. The summed E-state index contributed by atoms with van der Waals surface area (Å²) in [4.78, 5) is 7.50. The molecule has 0 amide bonds. The van der Waals surface area contributed by atoms with Gasteiger partial charge in [-0.15, -0.1) is 10.2 Å². The van der Waals surface area contributed by atoms with E-state index in [2.05, 4.69) is 31.5 Å². The Bertz CT molecular complexity index is 1100. The van der Waals surface area contributed by atoms with Crippen molar-refractivity contribution < 1.29 is 13.2 Å². The lowest BCUT2D eigenvalue weighted by Gasteiger charge is -2.23. The highest BCUT2D eigenvalue weighted by Gasteiger charge is 2.39. The molecular formula is C19H25N5O3S. The van der Waals surface area contributed by atoms with Crippen LogP contribution in [-0.2, 0) is 14.6 Å². The second-order valence-corrected chi connectivity index (χ2v) is 10.6. The number of hydrogen-bond acceptors (Lipinski definition) is 6.